The second kappa shape index (κ2) is 7.68. The van der Waals surface area contributed by atoms with Crippen LogP contribution in [0.1, 0.15) is 6.92 Å². The molecule has 0 amide bonds. The van der Waals surface area contributed by atoms with E-state index in [0.717, 1.165) is 0 Å². The molecule has 0 bridgehead atoms. The molecule has 6 nitrogen and oxygen atoms in total. The predicted octanol–water partition coefficient (Wildman–Crippen LogP) is 2.01. The van der Waals surface area contributed by atoms with Crippen molar-refractivity contribution in [3.63, 3.8) is 0 Å². The van der Waals surface area contributed by atoms with Gasteiger partial charge in [-0.05, 0) is 31.2 Å². The molecular formula is C14H18F3NO5S. The van der Waals surface area contributed by atoms with Crippen molar-refractivity contribution in [1.82, 2.24) is 4.31 Å². The standard InChI is InChI=1S/C14H18F3NO5S/c1-2-21-9-10-22-11-3-5-12(6-4-11)24(19,20)18-7-8-23-13(18)14(15,16)17/h3-6,13H,2,7-10H2,1H3. The molecule has 1 saturated heterocycles. The Morgan fingerprint density at radius 2 is 1.92 bits per heavy atom. The molecular weight excluding hydrogens is 351 g/mol. The lowest BCUT2D eigenvalue weighted by molar-refractivity contribution is -0.228. The highest BCUT2D eigenvalue weighted by Gasteiger charge is 2.52. The minimum absolute atomic E-state index is 0.251. The van der Waals surface area contributed by atoms with Gasteiger partial charge in [0.2, 0.25) is 16.3 Å². The van der Waals surface area contributed by atoms with Gasteiger partial charge in [-0.25, -0.2) is 8.42 Å². The van der Waals surface area contributed by atoms with E-state index in [1.54, 1.807) is 0 Å². The van der Waals surface area contributed by atoms with E-state index in [-0.39, 0.29) is 24.7 Å². The molecule has 1 unspecified atom stereocenters. The number of hydrogen-bond acceptors (Lipinski definition) is 5. The average molecular weight is 369 g/mol. The van der Waals surface area contributed by atoms with Gasteiger partial charge < -0.3 is 14.2 Å². The lowest BCUT2D eigenvalue weighted by Gasteiger charge is -2.24. The molecule has 24 heavy (non-hydrogen) atoms. The first-order chi connectivity index (χ1) is 11.3. The maximum atomic E-state index is 12.9. The third kappa shape index (κ3) is 4.38. The smallest absolute Gasteiger partial charge is 0.429 e. The van der Waals surface area contributed by atoms with Gasteiger partial charge in [0.1, 0.15) is 12.4 Å². The molecule has 1 atom stereocenters. The topological polar surface area (TPSA) is 65.1 Å². The summed E-state index contributed by atoms with van der Waals surface area (Å²) in [7, 11) is -4.31. The monoisotopic (exact) mass is 369 g/mol. The molecule has 10 heteroatoms. The van der Waals surface area contributed by atoms with Crippen molar-refractivity contribution in [2.45, 2.75) is 24.2 Å². The van der Waals surface area contributed by atoms with Gasteiger partial charge in [0.15, 0.2) is 0 Å². The zero-order valence-corrected chi connectivity index (χ0v) is 13.8. The molecule has 1 aromatic rings. The molecule has 0 aromatic heterocycles. The van der Waals surface area contributed by atoms with E-state index in [1.165, 1.54) is 24.3 Å². The lowest BCUT2D eigenvalue weighted by atomic mass is 10.3. The summed E-state index contributed by atoms with van der Waals surface area (Å²) >= 11 is 0. The van der Waals surface area contributed by atoms with Crippen molar-refractivity contribution in [3.8, 4) is 5.75 Å². The van der Waals surface area contributed by atoms with Gasteiger partial charge in [0.25, 0.3) is 0 Å². The van der Waals surface area contributed by atoms with Crippen LogP contribution in [-0.4, -0.2) is 58.1 Å². The van der Waals surface area contributed by atoms with Crippen molar-refractivity contribution >= 4 is 10.0 Å². The largest absolute Gasteiger partial charge is 0.491 e. The Morgan fingerprint density at radius 1 is 1.25 bits per heavy atom. The molecule has 2 rings (SSSR count). The summed E-state index contributed by atoms with van der Waals surface area (Å²) < 4.78 is 78.6. The number of sulfonamides is 1. The number of halogens is 3. The van der Waals surface area contributed by atoms with E-state index in [0.29, 0.717) is 23.3 Å². The average Bonchev–Trinajstić information content (AvgIpc) is 3.03. The van der Waals surface area contributed by atoms with E-state index in [4.69, 9.17) is 9.47 Å². The first-order valence-corrected chi connectivity index (χ1v) is 8.71. The number of hydrogen-bond donors (Lipinski definition) is 0. The van der Waals surface area contributed by atoms with Crippen molar-refractivity contribution in [3.05, 3.63) is 24.3 Å². The number of rotatable bonds is 7. The van der Waals surface area contributed by atoms with Crippen LogP contribution >= 0.6 is 0 Å². The van der Waals surface area contributed by atoms with Crippen LogP contribution in [0.15, 0.2) is 29.2 Å². The lowest BCUT2D eigenvalue weighted by Crippen LogP contribution is -2.45. The fourth-order valence-corrected chi connectivity index (χ4v) is 3.66. The first kappa shape index (κ1) is 19.0. The maximum absolute atomic E-state index is 12.9. The van der Waals surface area contributed by atoms with Gasteiger partial charge in [-0.15, -0.1) is 0 Å². The summed E-state index contributed by atoms with van der Waals surface area (Å²) in [4.78, 5) is -0.251. The number of alkyl halides is 3. The van der Waals surface area contributed by atoms with Crippen LogP contribution in [0.3, 0.4) is 0 Å². The van der Waals surface area contributed by atoms with Crippen LogP contribution in [-0.2, 0) is 19.5 Å². The first-order valence-electron chi connectivity index (χ1n) is 7.27. The second-order valence-corrected chi connectivity index (χ2v) is 6.79. The highest BCUT2D eigenvalue weighted by Crippen LogP contribution is 2.33. The molecule has 0 radical (unpaired) electrons. The Labute approximate surface area is 138 Å². The van der Waals surface area contributed by atoms with Crippen LogP contribution in [0, 0.1) is 0 Å². The van der Waals surface area contributed by atoms with E-state index in [1.807, 2.05) is 6.92 Å². The quantitative estimate of drug-likeness (QED) is 0.688. The summed E-state index contributed by atoms with van der Waals surface area (Å²) in [5.41, 5.74) is 0. The van der Waals surface area contributed by atoms with E-state index < -0.39 is 22.4 Å². The van der Waals surface area contributed by atoms with E-state index in [9.17, 15) is 21.6 Å². The molecule has 1 fully saturated rings. The molecule has 0 spiro atoms. The van der Waals surface area contributed by atoms with Gasteiger partial charge in [-0.1, -0.05) is 0 Å². The number of ether oxygens (including phenoxy) is 3. The SMILES string of the molecule is CCOCCOc1ccc(S(=O)(=O)N2CCOC2C(F)(F)F)cc1. The molecule has 1 heterocycles. The summed E-state index contributed by atoms with van der Waals surface area (Å²) in [5.74, 6) is 0.402. The molecule has 136 valence electrons. The van der Waals surface area contributed by atoms with Crippen LogP contribution in [0.25, 0.3) is 0 Å². The molecule has 1 aliphatic heterocycles. The summed E-state index contributed by atoms with van der Waals surface area (Å²) in [6, 6.07) is 5.19. The van der Waals surface area contributed by atoms with Crippen molar-refractivity contribution in [2.75, 3.05) is 33.0 Å². The van der Waals surface area contributed by atoms with Crippen molar-refractivity contribution in [2.24, 2.45) is 0 Å². The summed E-state index contributed by atoms with van der Waals surface area (Å²) in [6.07, 6.45) is -7.24. The Hall–Kier alpha value is -1.36. The predicted molar refractivity (Wildman–Crippen MR) is 78.1 cm³/mol. The van der Waals surface area contributed by atoms with Crippen LogP contribution in [0.5, 0.6) is 5.75 Å². The summed E-state index contributed by atoms with van der Waals surface area (Å²) in [6.45, 7) is 2.42. The fourth-order valence-electron chi connectivity index (χ4n) is 2.16. The summed E-state index contributed by atoms with van der Waals surface area (Å²) in [5, 5.41) is 0. The van der Waals surface area contributed by atoms with E-state index >= 15 is 0 Å². The van der Waals surface area contributed by atoms with Gasteiger partial charge in [0.05, 0.1) is 18.1 Å². The third-order valence-corrected chi connectivity index (χ3v) is 5.12. The van der Waals surface area contributed by atoms with Crippen LogP contribution in [0.2, 0.25) is 0 Å². The van der Waals surface area contributed by atoms with Crippen LogP contribution in [0.4, 0.5) is 13.2 Å². The molecule has 0 N–H and O–H groups in total. The normalized spacial score (nSPS) is 19.6. The molecule has 1 aliphatic rings. The zero-order chi connectivity index (χ0) is 17.8. The highest BCUT2D eigenvalue weighted by atomic mass is 32.2. The van der Waals surface area contributed by atoms with Crippen molar-refractivity contribution in [1.29, 1.82) is 0 Å². The van der Waals surface area contributed by atoms with E-state index in [2.05, 4.69) is 4.74 Å². The van der Waals surface area contributed by atoms with Gasteiger partial charge in [-0.3, -0.25) is 0 Å². The van der Waals surface area contributed by atoms with Gasteiger partial charge >= 0.3 is 6.18 Å². The Balaban J connectivity index is 2.09. The minimum Gasteiger partial charge on any atom is -0.491 e. The molecule has 1 aromatic carbocycles. The zero-order valence-electron chi connectivity index (χ0n) is 13.0. The minimum atomic E-state index is -4.79. The molecule has 0 saturated carbocycles. The highest BCUT2D eigenvalue weighted by molar-refractivity contribution is 7.89. The van der Waals surface area contributed by atoms with Crippen molar-refractivity contribution < 1.29 is 35.8 Å². The number of nitrogens with zero attached hydrogens (tertiary/aromatic N) is 1. The fraction of sp³-hybridized carbons (Fsp3) is 0.571. The third-order valence-electron chi connectivity index (χ3n) is 3.26. The Kier molecular flexibility index (Phi) is 6.07. The number of benzene rings is 1. The maximum Gasteiger partial charge on any atom is 0.429 e. The van der Waals surface area contributed by atoms with Gasteiger partial charge in [0, 0.05) is 13.2 Å². The Bertz CT molecular complexity index is 633. The van der Waals surface area contributed by atoms with Crippen LogP contribution < -0.4 is 4.74 Å². The Morgan fingerprint density at radius 3 is 2.50 bits per heavy atom. The second-order valence-electron chi connectivity index (χ2n) is 4.90. The molecule has 0 aliphatic carbocycles. The van der Waals surface area contributed by atoms with Gasteiger partial charge in [-0.2, -0.15) is 17.5 Å².